The molecule has 4 amide bonds. The topological polar surface area (TPSA) is 175 Å². The molecule has 1 aliphatic heterocycles. The Hall–Kier alpha value is -6.18. The van der Waals surface area contributed by atoms with Crippen LogP contribution in [0.15, 0.2) is 73.1 Å². The van der Waals surface area contributed by atoms with Gasteiger partial charge in [0.2, 0.25) is 11.8 Å². The molecule has 14 heteroatoms. The zero-order valence-electron chi connectivity index (χ0n) is 31.8. The molecule has 0 radical (unpaired) electrons. The molecule has 2 aromatic heterocycles. The Balaban J connectivity index is 0.932. The summed E-state index contributed by atoms with van der Waals surface area (Å²) in [4.78, 5) is 69.2. The molecule has 3 fully saturated rings. The summed E-state index contributed by atoms with van der Waals surface area (Å²) in [5.41, 5.74) is 6.00. The first-order valence-corrected chi connectivity index (χ1v) is 19.1. The first-order chi connectivity index (χ1) is 27.1. The molecule has 1 saturated heterocycles. The molecule has 8 rings (SSSR count). The van der Waals surface area contributed by atoms with Crippen molar-refractivity contribution in [2.45, 2.75) is 57.7 Å². The molecule has 3 heterocycles. The van der Waals surface area contributed by atoms with Crippen molar-refractivity contribution < 1.29 is 28.7 Å². The lowest BCUT2D eigenvalue weighted by molar-refractivity contribution is -0.135. The Labute approximate surface area is 324 Å². The molecule has 2 bridgehead atoms. The number of fused-ring (bicyclic) bond motifs is 3. The van der Waals surface area contributed by atoms with E-state index in [1.165, 1.54) is 14.2 Å². The average Bonchev–Trinajstić information content (AvgIpc) is 3.77. The summed E-state index contributed by atoms with van der Waals surface area (Å²) >= 11 is 0. The van der Waals surface area contributed by atoms with E-state index >= 15 is 0 Å². The number of methoxy groups -OCH3 is 2. The van der Waals surface area contributed by atoms with Crippen LogP contribution in [-0.4, -0.2) is 93.6 Å². The second-order valence-electron chi connectivity index (χ2n) is 15.5. The fraction of sp³-hybridized carbons (Fsp3) is 0.381. The monoisotopic (exact) mass is 758 g/mol. The third-order valence-electron chi connectivity index (χ3n) is 11.6. The summed E-state index contributed by atoms with van der Waals surface area (Å²) in [7, 11) is 2.55. The van der Waals surface area contributed by atoms with Crippen LogP contribution in [-0.2, 0) is 25.6 Å². The first kappa shape index (κ1) is 36.8. The van der Waals surface area contributed by atoms with Crippen LogP contribution in [0.4, 0.5) is 9.59 Å². The molecule has 0 unspecified atom stereocenters. The van der Waals surface area contributed by atoms with Crippen molar-refractivity contribution in [2.24, 2.45) is 11.3 Å². The molecule has 290 valence electrons. The highest BCUT2D eigenvalue weighted by Gasteiger charge is 2.49. The fourth-order valence-electron chi connectivity index (χ4n) is 8.25. The Bertz CT molecular complexity index is 2280. The van der Waals surface area contributed by atoms with E-state index in [1.807, 2.05) is 11.1 Å². The van der Waals surface area contributed by atoms with Crippen molar-refractivity contribution in [1.82, 2.24) is 40.4 Å². The summed E-state index contributed by atoms with van der Waals surface area (Å²) in [5, 5.41) is 7.21. The van der Waals surface area contributed by atoms with E-state index in [2.05, 4.69) is 103 Å². The molecule has 3 aromatic carbocycles. The molecule has 56 heavy (non-hydrogen) atoms. The number of hydrogen-bond acceptors (Lipinski definition) is 8. The van der Waals surface area contributed by atoms with Crippen molar-refractivity contribution in [3.8, 4) is 33.6 Å². The minimum absolute atomic E-state index is 0.0920. The number of imidazole rings is 2. The van der Waals surface area contributed by atoms with E-state index in [0.717, 1.165) is 82.3 Å². The Morgan fingerprint density at radius 2 is 1.43 bits per heavy atom. The van der Waals surface area contributed by atoms with Crippen molar-refractivity contribution in [1.29, 1.82) is 0 Å². The maximum Gasteiger partial charge on any atom is 0.407 e. The van der Waals surface area contributed by atoms with Crippen LogP contribution in [0.25, 0.3) is 44.4 Å². The smallest absolute Gasteiger partial charge is 0.407 e. The number of nitrogens with one attached hydrogen (secondary N) is 4. The minimum Gasteiger partial charge on any atom is -0.453 e. The van der Waals surface area contributed by atoms with Gasteiger partial charge in [0.25, 0.3) is 0 Å². The lowest BCUT2D eigenvalue weighted by Gasteiger charge is -2.34. The molecule has 3 atom stereocenters. The van der Waals surface area contributed by atoms with Gasteiger partial charge in [-0.25, -0.2) is 19.6 Å². The number of nitrogens with zero attached hydrogens (tertiary/aromatic N) is 4. The van der Waals surface area contributed by atoms with Gasteiger partial charge in [0.05, 0.1) is 50.6 Å². The van der Waals surface area contributed by atoms with Gasteiger partial charge < -0.3 is 39.9 Å². The second kappa shape index (κ2) is 15.2. The Kier molecular flexibility index (Phi) is 9.96. The van der Waals surface area contributed by atoms with Crippen molar-refractivity contribution in [2.75, 3.05) is 33.9 Å². The number of rotatable bonds is 12. The number of alkyl carbamates (subject to hydrolysis) is 2. The van der Waals surface area contributed by atoms with Gasteiger partial charge in [-0.1, -0.05) is 55.5 Å². The molecular weight excluding hydrogens is 713 g/mol. The maximum absolute atomic E-state index is 13.2. The van der Waals surface area contributed by atoms with Crippen LogP contribution in [0, 0.1) is 11.3 Å². The normalized spacial score (nSPS) is 19.1. The number of aromatic amines is 2. The van der Waals surface area contributed by atoms with Crippen molar-refractivity contribution in [3.05, 3.63) is 84.7 Å². The van der Waals surface area contributed by atoms with E-state index < -0.39 is 12.2 Å². The SMILES string of the molecule is COC(=O)NCC(=O)N(Cc1ncc(-c2ccc3cc(-c4ccc(-c5cnc([C@@H]6[C@H]7CC[C@H](C7)N6C(=O)CNC(=O)OC)[nH]5)cc4)ccc3c2)[nH]1)CC1(C)CC1. The van der Waals surface area contributed by atoms with Gasteiger partial charge in [-0.3, -0.25) is 9.59 Å². The Morgan fingerprint density at radius 1 is 0.804 bits per heavy atom. The third-order valence-corrected chi connectivity index (χ3v) is 11.6. The average molecular weight is 759 g/mol. The van der Waals surface area contributed by atoms with Gasteiger partial charge in [0, 0.05) is 18.2 Å². The summed E-state index contributed by atoms with van der Waals surface area (Å²) in [6.45, 7) is 2.83. The fourth-order valence-corrected chi connectivity index (χ4v) is 8.25. The van der Waals surface area contributed by atoms with E-state index in [4.69, 9.17) is 4.98 Å². The van der Waals surface area contributed by atoms with Gasteiger partial charge in [0.15, 0.2) is 0 Å². The number of ether oxygens (including phenoxy) is 2. The predicted molar refractivity (Wildman–Crippen MR) is 209 cm³/mol. The summed E-state index contributed by atoms with van der Waals surface area (Å²) in [6, 6.07) is 21.1. The second-order valence-corrected chi connectivity index (χ2v) is 15.5. The third kappa shape index (κ3) is 7.68. The quantitative estimate of drug-likeness (QED) is 0.117. The number of carbonyl (C=O) groups is 4. The highest BCUT2D eigenvalue weighted by atomic mass is 16.5. The lowest BCUT2D eigenvalue weighted by Crippen LogP contribution is -2.45. The molecule has 14 nitrogen and oxygen atoms in total. The molecular formula is C42H46N8O6. The number of carbonyl (C=O) groups excluding carboxylic acids is 4. The van der Waals surface area contributed by atoms with Crippen LogP contribution < -0.4 is 10.6 Å². The van der Waals surface area contributed by atoms with Gasteiger partial charge in [0.1, 0.15) is 24.7 Å². The van der Waals surface area contributed by atoms with Crippen LogP contribution >= 0.6 is 0 Å². The highest BCUT2D eigenvalue weighted by Crippen LogP contribution is 2.50. The van der Waals surface area contributed by atoms with Crippen molar-refractivity contribution in [3.63, 3.8) is 0 Å². The summed E-state index contributed by atoms with van der Waals surface area (Å²) in [5.74, 6) is 1.47. The van der Waals surface area contributed by atoms with E-state index in [1.54, 1.807) is 11.1 Å². The molecule has 3 aliphatic rings. The number of H-pyrrole nitrogens is 2. The van der Waals surface area contributed by atoms with Gasteiger partial charge in [-0.15, -0.1) is 0 Å². The number of aromatic nitrogens is 4. The first-order valence-electron chi connectivity index (χ1n) is 19.1. The van der Waals surface area contributed by atoms with Crippen LogP contribution in [0.5, 0.6) is 0 Å². The predicted octanol–water partition coefficient (Wildman–Crippen LogP) is 6.18. The van der Waals surface area contributed by atoms with Gasteiger partial charge >= 0.3 is 12.2 Å². The molecule has 2 aliphatic carbocycles. The van der Waals surface area contributed by atoms with E-state index in [0.29, 0.717) is 24.8 Å². The summed E-state index contributed by atoms with van der Waals surface area (Å²) in [6.07, 6.45) is 7.45. The Morgan fingerprint density at radius 3 is 2.14 bits per heavy atom. The van der Waals surface area contributed by atoms with Gasteiger partial charge in [-0.2, -0.15) is 0 Å². The van der Waals surface area contributed by atoms with Crippen molar-refractivity contribution >= 4 is 34.8 Å². The van der Waals surface area contributed by atoms with Gasteiger partial charge in [-0.05, 0) is 83.0 Å². The zero-order valence-corrected chi connectivity index (χ0v) is 31.8. The van der Waals surface area contributed by atoms with E-state index in [9.17, 15) is 19.2 Å². The molecule has 0 spiro atoms. The van der Waals surface area contributed by atoms with Crippen LogP contribution in [0.2, 0.25) is 0 Å². The minimum atomic E-state index is -0.637. The highest BCUT2D eigenvalue weighted by molar-refractivity contribution is 5.91. The standard InChI is InChI=1S/C42H46N8O6/c1-42(14-15-42)24-49(36(51)21-45-40(53)55-2)23-35-43-19-34(47-35)30-11-10-28-16-27(8-9-29(28)17-30)25-4-6-26(7-5-25)33-20-44-39(48-33)38-31-12-13-32(18-31)50(38)37(52)22-46-41(54)56-3/h4-11,16-17,19-20,31-32,38H,12-15,18,21-24H2,1-3H3,(H,43,47)(H,44,48)(H,45,53)(H,46,54)/t31-,32+,38-/m0/s1. The van der Waals surface area contributed by atoms with Crippen LogP contribution in [0.1, 0.15) is 56.7 Å². The lowest BCUT2D eigenvalue weighted by atomic mass is 9.97. The molecule has 2 saturated carbocycles. The number of likely N-dealkylation sites (tertiary alicyclic amines) is 1. The summed E-state index contributed by atoms with van der Waals surface area (Å²) < 4.78 is 9.26. The zero-order chi connectivity index (χ0) is 39.0. The van der Waals surface area contributed by atoms with Crippen LogP contribution in [0.3, 0.4) is 0 Å². The number of amides is 4. The number of piperidine rings is 1. The van der Waals surface area contributed by atoms with E-state index in [-0.39, 0.29) is 42.4 Å². The largest absolute Gasteiger partial charge is 0.453 e. The number of hydrogen-bond donors (Lipinski definition) is 4. The number of benzene rings is 3. The molecule has 5 aromatic rings. The maximum atomic E-state index is 13.2. The molecule has 4 N–H and O–H groups in total.